The Morgan fingerprint density at radius 3 is 2.58 bits per heavy atom. The fourth-order valence-corrected chi connectivity index (χ4v) is 3.54. The van der Waals surface area contributed by atoms with E-state index < -0.39 is 5.60 Å². The topological polar surface area (TPSA) is 109 Å². The van der Waals surface area contributed by atoms with Crippen LogP contribution in [-0.2, 0) is 0 Å². The summed E-state index contributed by atoms with van der Waals surface area (Å²) in [4.78, 5) is 30.2. The SMILES string of the molecule is CNC(=O)n1ccc2cc(Oc3ccnc(NC(=O)N4CCC(C)(O)CC4)c3)ccc21. The van der Waals surface area contributed by atoms with Crippen LogP contribution in [0.4, 0.5) is 15.4 Å². The molecule has 0 atom stereocenters. The van der Waals surface area contributed by atoms with Crippen LogP contribution in [0.1, 0.15) is 19.8 Å². The van der Waals surface area contributed by atoms with E-state index in [1.807, 2.05) is 18.2 Å². The van der Waals surface area contributed by atoms with Crippen LogP contribution in [0.3, 0.4) is 0 Å². The van der Waals surface area contributed by atoms with Crippen LogP contribution < -0.4 is 15.4 Å². The summed E-state index contributed by atoms with van der Waals surface area (Å²) in [7, 11) is 1.58. The molecule has 162 valence electrons. The first-order chi connectivity index (χ1) is 14.8. The van der Waals surface area contributed by atoms with Gasteiger partial charge in [0.05, 0.1) is 11.1 Å². The van der Waals surface area contributed by atoms with Gasteiger partial charge in [-0.25, -0.2) is 14.6 Å². The van der Waals surface area contributed by atoms with Crippen molar-refractivity contribution in [2.45, 2.75) is 25.4 Å². The number of likely N-dealkylation sites (tertiary alicyclic amines) is 1. The molecule has 1 aliphatic rings. The number of benzene rings is 1. The Labute approximate surface area is 179 Å². The van der Waals surface area contributed by atoms with E-state index in [4.69, 9.17) is 4.74 Å². The lowest BCUT2D eigenvalue weighted by molar-refractivity contribution is 0.00569. The zero-order valence-corrected chi connectivity index (χ0v) is 17.5. The number of pyridine rings is 1. The molecule has 0 aliphatic carbocycles. The highest BCUT2D eigenvalue weighted by Gasteiger charge is 2.29. The molecule has 3 heterocycles. The number of nitrogens with one attached hydrogen (secondary N) is 2. The van der Waals surface area contributed by atoms with Gasteiger partial charge in [0.15, 0.2) is 0 Å². The number of aliphatic hydroxyl groups is 1. The highest BCUT2D eigenvalue weighted by molar-refractivity contribution is 5.92. The fourth-order valence-electron chi connectivity index (χ4n) is 3.54. The normalized spacial score (nSPS) is 15.5. The van der Waals surface area contributed by atoms with Crippen LogP contribution >= 0.6 is 0 Å². The van der Waals surface area contributed by atoms with E-state index in [0.717, 1.165) is 10.9 Å². The second-order valence-corrected chi connectivity index (χ2v) is 7.85. The number of amides is 3. The van der Waals surface area contributed by atoms with E-state index in [1.165, 1.54) is 4.57 Å². The number of ether oxygens (including phenoxy) is 1. The number of rotatable bonds is 3. The molecule has 1 saturated heterocycles. The monoisotopic (exact) mass is 423 g/mol. The van der Waals surface area contributed by atoms with E-state index in [9.17, 15) is 14.7 Å². The first-order valence-electron chi connectivity index (χ1n) is 10.1. The van der Waals surface area contributed by atoms with E-state index >= 15 is 0 Å². The number of carbonyl (C=O) groups excluding carboxylic acids is 2. The van der Waals surface area contributed by atoms with Gasteiger partial charge in [0.25, 0.3) is 0 Å². The number of nitrogens with zero attached hydrogens (tertiary/aromatic N) is 3. The van der Waals surface area contributed by atoms with Gasteiger partial charge in [0.2, 0.25) is 0 Å². The van der Waals surface area contributed by atoms with E-state index in [1.54, 1.807) is 49.5 Å². The van der Waals surface area contributed by atoms with Crippen LogP contribution in [0.15, 0.2) is 48.8 Å². The molecule has 0 spiro atoms. The molecule has 1 aliphatic heterocycles. The summed E-state index contributed by atoms with van der Waals surface area (Å²) in [6, 6.07) is 10.2. The highest BCUT2D eigenvalue weighted by atomic mass is 16.5. The molecule has 9 heteroatoms. The highest BCUT2D eigenvalue weighted by Crippen LogP contribution is 2.27. The molecule has 31 heavy (non-hydrogen) atoms. The van der Waals surface area contributed by atoms with Crippen molar-refractivity contribution < 1.29 is 19.4 Å². The van der Waals surface area contributed by atoms with Crippen molar-refractivity contribution in [3.8, 4) is 11.5 Å². The number of hydrogen-bond donors (Lipinski definition) is 3. The molecule has 0 unspecified atom stereocenters. The van der Waals surface area contributed by atoms with Gasteiger partial charge in [-0.15, -0.1) is 0 Å². The lowest BCUT2D eigenvalue weighted by atomic mass is 9.94. The summed E-state index contributed by atoms with van der Waals surface area (Å²) >= 11 is 0. The lowest BCUT2D eigenvalue weighted by Gasteiger charge is -2.35. The smallest absolute Gasteiger partial charge is 0.325 e. The third-order valence-electron chi connectivity index (χ3n) is 5.42. The van der Waals surface area contributed by atoms with Crippen LogP contribution in [0.25, 0.3) is 10.9 Å². The van der Waals surface area contributed by atoms with Gasteiger partial charge in [0.1, 0.15) is 17.3 Å². The van der Waals surface area contributed by atoms with Crippen molar-refractivity contribution in [1.29, 1.82) is 0 Å². The van der Waals surface area contributed by atoms with Crippen molar-refractivity contribution in [2.75, 3.05) is 25.5 Å². The van der Waals surface area contributed by atoms with Gasteiger partial charge < -0.3 is 20.1 Å². The molecule has 3 amide bonds. The van der Waals surface area contributed by atoms with E-state index in [-0.39, 0.29) is 12.1 Å². The van der Waals surface area contributed by atoms with Gasteiger partial charge in [0, 0.05) is 44.0 Å². The van der Waals surface area contributed by atoms with E-state index in [0.29, 0.717) is 43.2 Å². The fraction of sp³-hybridized carbons (Fsp3) is 0.318. The molecular weight excluding hydrogens is 398 g/mol. The molecule has 3 N–H and O–H groups in total. The van der Waals surface area contributed by atoms with Crippen molar-refractivity contribution in [2.24, 2.45) is 0 Å². The summed E-state index contributed by atoms with van der Waals surface area (Å²) < 4.78 is 7.46. The average molecular weight is 423 g/mol. The lowest BCUT2D eigenvalue weighted by Crippen LogP contribution is -2.46. The summed E-state index contributed by atoms with van der Waals surface area (Å²) in [5.74, 6) is 1.51. The number of piperidine rings is 1. The van der Waals surface area contributed by atoms with Crippen LogP contribution in [0, 0.1) is 0 Å². The third kappa shape index (κ3) is 4.61. The molecule has 9 nitrogen and oxygen atoms in total. The average Bonchev–Trinajstić information content (AvgIpc) is 3.16. The van der Waals surface area contributed by atoms with Crippen LogP contribution in [0.5, 0.6) is 11.5 Å². The zero-order chi connectivity index (χ0) is 22.0. The van der Waals surface area contributed by atoms with Gasteiger partial charge in [-0.2, -0.15) is 0 Å². The Balaban J connectivity index is 1.44. The predicted molar refractivity (Wildman–Crippen MR) is 117 cm³/mol. The number of hydrogen-bond acceptors (Lipinski definition) is 5. The van der Waals surface area contributed by atoms with Crippen molar-refractivity contribution in [1.82, 2.24) is 19.8 Å². The molecule has 4 rings (SSSR count). The van der Waals surface area contributed by atoms with Crippen LogP contribution in [0.2, 0.25) is 0 Å². The maximum atomic E-state index is 12.5. The van der Waals surface area contributed by atoms with Crippen molar-refractivity contribution in [3.63, 3.8) is 0 Å². The number of fused-ring (bicyclic) bond motifs is 1. The van der Waals surface area contributed by atoms with Crippen molar-refractivity contribution >= 4 is 28.8 Å². The molecule has 2 aromatic heterocycles. The molecule has 3 aromatic rings. The number of urea groups is 1. The number of aromatic nitrogens is 2. The third-order valence-corrected chi connectivity index (χ3v) is 5.42. The van der Waals surface area contributed by atoms with Gasteiger partial charge in [-0.1, -0.05) is 0 Å². The first kappa shape index (κ1) is 20.7. The Morgan fingerprint density at radius 1 is 1.10 bits per heavy atom. The Kier molecular flexibility index (Phi) is 5.51. The largest absolute Gasteiger partial charge is 0.457 e. The molecular formula is C22H25N5O4. The zero-order valence-electron chi connectivity index (χ0n) is 17.5. The second kappa shape index (κ2) is 8.27. The first-order valence-corrected chi connectivity index (χ1v) is 10.1. The standard InChI is InChI=1S/C22H25N5O4/c1-22(30)7-11-26(12-8-22)21(29)25-19-14-17(5-9-24-19)31-16-3-4-18-15(13-16)6-10-27(18)20(28)23-2/h3-6,9-10,13-14,30H,7-8,11-12H2,1-2H3,(H,23,28)(H,24,25,29). The van der Waals surface area contributed by atoms with Gasteiger partial charge in [-0.3, -0.25) is 9.88 Å². The number of carbonyl (C=O) groups is 2. The molecule has 0 saturated carbocycles. The van der Waals surface area contributed by atoms with Crippen molar-refractivity contribution in [3.05, 3.63) is 48.8 Å². The maximum absolute atomic E-state index is 12.5. The summed E-state index contributed by atoms with van der Waals surface area (Å²) in [5, 5.41) is 16.3. The van der Waals surface area contributed by atoms with Gasteiger partial charge in [-0.05, 0) is 50.1 Å². The number of anilines is 1. The molecule has 1 fully saturated rings. The Morgan fingerprint density at radius 2 is 1.84 bits per heavy atom. The predicted octanol–water partition coefficient (Wildman–Crippen LogP) is 3.39. The van der Waals surface area contributed by atoms with E-state index in [2.05, 4.69) is 15.6 Å². The summed E-state index contributed by atoms with van der Waals surface area (Å²) in [6.07, 6.45) is 4.35. The molecule has 1 aromatic carbocycles. The quantitative estimate of drug-likeness (QED) is 0.598. The Hall–Kier alpha value is -3.59. The van der Waals surface area contributed by atoms with Gasteiger partial charge >= 0.3 is 12.1 Å². The molecule has 0 bridgehead atoms. The van der Waals surface area contributed by atoms with Crippen LogP contribution in [-0.4, -0.2) is 57.4 Å². The molecule has 0 radical (unpaired) electrons. The minimum Gasteiger partial charge on any atom is -0.457 e. The minimum absolute atomic E-state index is 0.212. The minimum atomic E-state index is -0.717. The summed E-state index contributed by atoms with van der Waals surface area (Å²) in [6.45, 7) is 2.77. The Bertz CT molecular complexity index is 1110. The summed E-state index contributed by atoms with van der Waals surface area (Å²) in [5.41, 5.74) is 0.0560. The maximum Gasteiger partial charge on any atom is 0.325 e. The second-order valence-electron chi connectivity index (χ2n) is 7.85.